The Bertz CT molecular complexity index is 588. The van der Waals surface area contributed by atoms with Gasteiger partial charge in [0.2, 0.25) is 0 Å². The van der Waals surface area contributed by atoms with Crippen LogP contribution in [0, 0.1) is 0 Å². The zero-order chi connectivity index (χ0) is 18.6. The molecule has 140 valence electrons. The van der Waals surface area contributed by atoms with E-state index < -0.39 is 11.7 Å². The molecule has 0 bridgehead atoms. The van der Waals surface area contributed by atoms with Gasteiger partial charge in [0.25, 0.3) is 0 Å². The Morgan fingerprint density at radius 1 is 1.16 bits per heavy atom. The molecule has 1 N–H and O–H groups in total. The lowest BCUT2D eigenvalue weighted by molar-refractivity contribution is -0.138. The molecule has 3 nitrogen and oxygen atoms in total. The molecular formula is C19H28F3N3. The van der Waals surface area contributed by atoms with Gasteiger partial charge in [-0.25, -0.2) is 0 Å². The van der Waals surface area contributed by atoms with Gasteiger partial charge in [-0.1, -0.05) is 25.6 Å². The number of likely N-dealkylation sites (N-methyl/N-ethyl adjacent to an activating group) is 1. The topological polar surface area (TPSA) is 18.5 Å². The number of nitrogens with zero attached hydrogens (tertiary/aromatic N) is 2. The van der Waals surface area contributed by atoms with Crippen LogP contribution in [-0.2, 0) is 12.7 Å². The molecule has 1 saturated heterocycles. The van der Waals surface area contributed by atoms with Gasteiger partial charge in [0, 0.05) is 44.5 Å². The van der Waals surface area contributed by atoms with Gasteiger partial charge in [0.1, 0.15) is 0 Å². The number of benzene rings is 1. The number of alkyl halides is 3. The number of halogens is 3. The summed E-state index contributed by atoms with van der Waals surface area (Å²) < 4.78 is 40.6. The average Bonchev–Trinajstić information content (AvgIpc) is 2.54. The molecule has 1 heterocycles. The van der Waals surface area contributed by atoms with E-state index in [-0.39, 0.29) is 6.04 Å². The second kappa shape index (κ2) is 8.23. The fourth-order valence-corrected chi connectivity index (χ4v) is 3.10. The number of hydrogen-bond acceptors (Lipinski definition) is 3. The maximum atomic E-state index is 13.5. The molecular weight excluding hydrogens is 327 g/mol. The first-order valence-corrected chi connectivity index (χ1v) is 8.81. The molecule has 0 aromatic heterocycles. The SMILES string of the molecule is C=C(NC(C)C)c1ccc(CN2CCN(CC)CC2)c(C(F)(F)F)c1. The standard InChI is InChI=1S/C19H28F3N3/c1-5-24-8-10-25(11-9-24)13-17-7-6-16(15(4)23-14(2)3)12-18(17)19(20,21)22/h6-7,12,14,23H,4-5,8-11,13H2,1-3H3. The minimum atomic E-state index is -4.37. The zero-order valence-corrected chi connectivity index (χ0v) is 15.3. The lowest BCUT2D eigenvalue weighted by atomic mass is 10.0. The summed E-state index contributed by atoms with van der Waals surface area (Å²) >= 11 is 0. The van der Waals surface area contributed by atoms with Crippen molar-refractivity contribution < 1.29 is 13.2 Å². The van der Waals surface area contributed by atoms with E-state index in [0.29, 0.717) is 23.4 Å². The molecule has 1 fully saturated rings. The predicted octanol–water partition coefficient (Wildman–Crippen LogP) is 3.81. The summed E-state index contributed by atoms with van der Waals surface area (Å²) in [5.74, 6) is 0. The van der Waals surface area contributed by atoms with Crippen LogP contribution >= 0.6 is 0 Å². The van der Waals surface area contributed by atoms with Crippen LogP contribution in [0.1, 0.15) is 37.5 Å². The van der Waals surface area contributed by atoms with Crippen LogP contribution < -0.4 is 5.32 Å². The van der Waals surface area contributed by atoms with Crippen molar-refractivity contribution in [2.75, 3.05) is 32.7 Å². The second-order valence-corrected chi connectivity index (χ2v) is 6.86. The Morgan fingerprint density at radius 3 is 2.28 bits per heavy atom. The van der Waals surface area contributed by atoms with E-state index in [0.717, 1.165) is 32.7 Å². The summed E-state index contributed by atoms with van der Waals surface area (Å²) in [5.41, 5.74) is 0.775. The molecule has 0 saturated carbocycles. The van der Waals surface area contributed by atoms with Crippen LogP contribution in [0.4, 0.5) is 13.2 Å². The Kier molecular flexibility index (Phi) is 6.52. The van der Waals surface area contributed by atoms with Gasteiger partial charge in [-0.3, -0.25) is 4.90 Å². The van der Waals surface area contributed by atoms with E-state index in [4.69, 9.17) is 0 Å². The summed E-state index contributed by atoms with van der Waals surface area (Å²) in [6.45, 7) is 14.6. The molecule has 1 aliphatic rings. The molecule has 0 spiro atoms. The number of nitrogens with one attached hydrogen (secondary N) is 1. The van der Waals surface area contributed by atoms with E-state index in [1.165, 1.54) is 6.07 Å². The van der Waals surface area contributed by atoms with Crippen molar-refractivity contribution in [2.45, 2.75) is 39.5 Å². The maximum Gasteiger partial charge on any atom is 0.416 e. The first-order chi connectivity index (χ1) is 11.7. The number of piperazine rings is 1. The predicted molar refractivity (Wildman–Crippen MR) is 96.1 cm³/mol. The Morgan fingerprint density at radius 2 is 1.76 bits per heavy atom. The van der Waals surface area contributed by atoms with Crippen molar-refractivity contribution in [1.29, 1.82) is 0 Å². The second-order valence-electron chi connectivity index (χ2n) is 6.86. The highest BCUT2D eigenvalue weighted by molar-refractivity contribution is 5.63. The van der Waals surface area contributed by atoms with Crippen molar-refractivity contribution in [1.82, 2.24) is 15.1 Å². The van der Waals surface area contributed by atoms with Crippen molar-refractivity contribution in [3.63, 3.8) is 0 Å². The summed E-state index contributed by atoms with van der Waals surface area (Å²) in [6, 6.07) is 4.66. The molecule has 1 aromatic carbocycles. The Balaban J connectivity index is 2.19. The van der Waals surface area contributed by atoms with Crippen molar-refractivity contribution in [3.8, 4) is 0 Å². The van der Waals surface area contributed by atoms with Gasteiger partial charge < -0.3 is 10.2 Å². The third-order valence-corrected chi connectivity index (χ3v) is 4.53. The Hall–Kier alpha value is -1.53. The summed E-state index contributed by atoms with van der Waals surface area (Å²) in [7, 11) is 0. The maximum absolute atomic E-state index is 13.5. The first kappa shape index (κ1) is 19.8. The molecule has 6 heteroatoms. The molecule has 0 radical (unpaired) electrons. The molecule has 2 rings (SSSR count). The summed E-state index contributed by atoms with van der Waals surface area (Å²) in [5, 5.41) is 3.07. The molecule has 0 amide bonds. The van der Waals surface area contributed by atoms with Crippen LogP contribution in [0.15, 0.2) is 24.8 Å². The van der Waals surface area contributed by atoms with Crippen LogP contribution in [0.5, 0.6) is 0 Å². The van der Waals surface area contributed by atoms with E-state index in [1.807, 2.05) is 13.8 Å². The molecule has 0 atom stereocenters. The smallest absolute Gasteiger partial charge is 0.383 e. The van der Waals surface area contributed by atoms with E-state index in [2.05, 4.69) is 28.6 Å². The van der Waals surface area contributed by atoms with E-state index in [9.17, 15) is 13.2 Å². The van der Waals surface area contributed by atoms with E-state index in [1.54, 1.807) is 12.1 Å². The van der Waals surface area contributed by atoms with Gasteiger partial charge in [0.15, 0.2) is 0 Å². The normalized spacial score (nSPS) is 17.1. The molecule has 0 unspecified atom stereocenters. The minimum absolute atomic E-state index is 0.122. The molecule has 25 heavy (non-hydrogen) atoms. The van der Waals surface area contributed by atoms with Crippen LogP contribution in [0.25, 0.3) is 5.70 Å². The third kappa shape index (κ3) is 5.47. The van der Waals surface area contributed by atoms with Gasteiger partial charge in [-0.05, 0) is 37.6 Å². The zero-order valence-electron chi connectivity index (χ0n) is 15.3. The summed E-state index contributed by atoms with van der Waals surface area (Å²) in [4.78, 5) is 4.41. The van der Waals surface area contributed by atoms with Crippen LogP contribution in [0.2, 0.25) is 0 Å². The highest BCUT2D eigenvalue weighted by atomic mass is 19.4. The number of hydrogen-bond donors (Lipinski definition) is 1. The van der Waals surface area contributed by atoms with Crippen molar-refractivity contribution in [3.05, 3.63) is 41.5 Å². The largest absolute Gasteiger partial charge is 0.416 e. The fourth-order valence-electron chi connectivity index (χ4n) is 3.10. The van der Waals surface area contributed by atoms with Gasteiger partial charge >= 0.3 is 6.18 Å². The average molecular weight is 355 g/mol. The highest BCUT2D eigenvalue weighted by Gasteiger charge is 2.34. The van der Waals surface area contributed by atoms with Crippen molar-refractivity contribution in [2.24, 2.45) is 0 Å². The monoisotopic (exact) mass is 355 g/mol. The summed E-state index contributed by atoms with van der Waals surface area (Å²) in [6.07, 6.45) is -4.37. The fraction of sp³-hybridized carbons (Fsp3) is 0.579. The van der Waals surface area contributed by atoms with Crippen molar-refractivity contribution >= 4 is 5.70 Å². The Labute approximate surface area is 148 Å². The van der Waals surface area contributed by atoms with Gasteiger partial charge in [-0.15, -0.1) is 0 Å². The highest BCUT2D eigenvalue weighted by Crippen LogP contribution is 2.34. The number of rotatable bonds is 6. The minimum Gasteiger partial charge on any atom is -0.383 e. The van der Waals surface area contributed by atoms with E-state index >= 15 is 0 Å². The van der Waals surface area contributed by atoms with Crippen LogP contribution in [0.3, 0.4) is 0 Å². The van der Waals surface area contributed by atoms with Crippen LogP contribution in [-0.4, -0.2) is 48.6 Å². The molecule has 0 aliphatic carbocycles. The lowest BCUT2D eigenvalue weighted by Gasteiger charge is -2.34. The van der Waals surface area contributed by atoms with Gasteiger partial charge in [-0.2, -0.15) is 13.2 Å². The third-order valence-electron chi connectivity index (χ3n) is 4.53. The quantitative estimate of drug-likeness (QED) is 0.837. The molecule has 1 aromatic rings. The van der Waals surface area contributed by atoms with Gasteiger partial charge in [0.05, 0.1) is 5.56 Å². The first-order valence-electron chi connectivity index (χ1n) is 8.81. The lowest BCUT2D eigenvalue weighted by Crippen LogP contribution is -2.45. The molecule has 1 aliphatic heterocycles.